The van der Waals surface area contributed by atoms with Crippen LogP contribution < -0.4 is 11.1 Å². The third-order valence-electron chi connectivity index (χ3n) is 2.51. The van der Waals surface area contributed by atoms with Gasteiger partial charge in [-0.05, 0) is 12.5 Å². The zero-order chi connectivity index (χ0) is 10.5. The monoisotopic (exact) mass is 210 g/mol. The molecule has 84 valence electrons. The van der Waals surface area contributed by atoms with Gasteiger partial charge in [-0.15, -0.1) is 0 Å². The van der Waals surface area contributed by atoms with E-state index < -0.39 is 0 Å². The van der Waals surface area contributed by atoms with Crippen molar-refractivity contribution < 1.29 is 9.47 Å². The Kier molecular flexibility index (Phi) is 3.64. The highest BCUT2D eigenvalue weighted by Crippen LogP contribution is 2.26. The number of ether oxygens (including phenoxy) is 2. The normalized spacial score (nSPS) is 24.5. The fourth-order valence-electron chi connectivity index (χ4n) is 1.74. The first-order valence-corrected chi connectivity index (χ1v) is 5.50. The van der Waals surface area contributed by atoms with Crippen LogP contribution in [-0.4, -0.2) is 32.3 Å². The number of nitrogens with two attached hydrogens (primary N) is 1. The molecule has 0 saturated carbocycles. The second kappa shape index (κ2) is 5.19. The molecule has 0 radical (unpaired) electrons. The minimum atomic E-state index is 0.109. The van der Waals surface area contributed by atoms with Gasteiger partial charge >= 0.3 is 0 Å². The first kappa shape index (κ1) is 10.5. The lowest BCUT2D eigenvalue weighted by atomic mass is 10.1. The van der Waals surface area contributed by atoms with E-state index in [0.29, 0.717) is 13.2 Å². The van der Waals surface area contributed by atoms with Crippen LogP contribution in [0.2, 0.25) is 0 Å². The second-order valence-electron chi connectivity index (χ2n) is 3.77. The van der Waals surface area contributed by atoms with Crippen LogP contribution in [0.5, 0.6) is 0 Å². The fourth-order valence-corrected chi connectivity index (χ4v) is 1.74. The van der Waals surface area contributed by atoms with E-state index in [-0.39, 0.29) is 6.10 Å². The molecule has 0 saturated heterocycles. The Morgan fingerprint density at radius 3 is 3.33 bits per heavy atom. The van der Waals surface area contributed by atoms with Crippen molar-refractivity contribution in [2.75, 3.05) is 26.2 Å². The van der Waals surface area contributed by atoms with Crippen molar-refractivity contribution >= 4 is 0 Å². The van der Waals surface area contributed by atoms with E-state index >= 15 is 0 Å². The van der Waals surface area contributed by atoms with Gasteiger partial charge in [0.05, 0.1) is 0 Å². The molecule has 2 aliphatic rings. The predicted octanol–water partition coefficient (Wildman–Crippen LogP) is 0.512. The van der Waals surface area contributed by atoms with Gasteiger partial charge in [0.25, 0.3) is 0 Å². The Bertz CT molecular complexity index is 274. The van der Waals surface area contributed by atoms with Crippen molar-refractivity contribution in [3.63, 3.8) is 0 Å². The molecular formula is C11H18N2O2. The molecule has 1 heterocycles. The second-order valence-corrected chi connectivity index (χ2v) is 3.77. The lowest BCUT2D eigenvalue weighted by Crippen LogP contribution is -2.37. The predicted molar refractivity (Wildman–Crippen MR) is 58.1 cm³/mol. The molecule has 15 heavy (non-hydrogen) atoms. The third-order valence-corrected chi connectivity index (χ3v) is 2.51. The van der Waals surface area contributed by atoms with Crippen LogP contribution >= 0.6 is 0 Å². The highest BCUT2D eigenvalue weighted by Gasteiger charge is 2.22. The molecule has 1 aliphatic carbocycles. The molecule has 2 rings (SSSR count). The highest BCUT2D eigenvalue weighted by atomic mass is 16.6. The summed E-state index contributed by atoms with van der Waals surface area (Å²) in [7, 11) is 0. The van der Waals surface area contributed by atoms with E-state index in [1.165, 1.54) is 0 Å². The van der Waals surface area contributed by atoms with E-state index in [0.717, 1.165) is 37.4 Å². The lowest BCUT2D eigenvalue weighted by Gasteiger charge is -2.29. The molecule has 0 aromatic rings. The van der Waals surface area contributed by atoms with Crippen molar-refractivity contribution in [1.29, 1.82) is 0 Å². The third kappa shape index (κ3) is 2.73. The standard InChI is InChI=1S/C11H18N2O2/c12-5-6-13-7-9-8-14-10-3-1-2-4-11(10)15-9/h2,4,9,13H,1,3,5-8,12H2. The summed E-state index contributed by atoms with van der Waals surface area (Å²) in [6.45, 7) is 2.91. The zero-order valence-corrected chi connectivity index (χ0v) is 8.87. The average molecular weight is 210 g/mol. The summed E-state index contributed by atoms with van der Waals surface area (Å²) >= 11 is 0. The Morgan fingerprint density at radius 1 is 1.53 bits per heavy atom. The minimum absolute atomic E-state index is 0.109. The van der Waals surface area contributed by atoms with E-state index in [2.05, 4.69) is 11.4 Å². The molecule has 0 spiro atoms. The van der Waals surface area contributed by atoms with Crippen LogP contribution in [0.25, 0.3) is 0 Å². The topological polar surface area (TPSA) is 56.5 Å². The van der Waals surface area contributed by atoms with Gasteiger partial charge < -0.3 is 20.5 Å². The van der Waals surface area contributed by atoms with Crippen LogP contribution in [0, 0.1) is 0 Å². The molecule has 1 aliphatic heterocycles. The summed E-state index contributed by atoms with van der Waals surface area (Å²) < 4.78 is 11.5. The molecule has 3 N–H and O–H groups in total. The van der Waals surface area contributed by atoms with Crippen LogP contribution in [0.4, 0.5) is 0 Å². The number of rotatable bonds is 4. The Balaban J connectivity index is 1.82. The first-order valence-electron chi connectivity index (χ1n) is 5.50. The molecule has 4 nitrogen and oxygen atoms in total. The van der Waals surface area contributed by atoms with Crippen LogP contribution in [0.3, 0.4) is 0 Å². The van der Waals surface area contributed by atoms with Crippen LogP contribution in [-0.2, 0) is 9.47 Å². The Hall–Kier alpha value is -1.00. The largest absolute Gasteiger partial charge is 0.490 e. The van der Waals surface area contributed by atoms with Gasteiger partial charge in [-0.2, -0.15) is 0 Å². The molecular weight excluding hydrogens is 192 g/mol. The van der Waals surface area contributed by atoms with Crippen molar-refractivity contribution in [2.24, 2.45) is 5.73 Å². The summed E-state index contributed by atoms with van der Waals surface area (Å²) in [5, 5.41) is 3.22. The van der Waals surface area contributed by atoms with E-state index in [1.54, 1.807) is 0 Å². The maximum absolute atomic E-state index is 5.80. The van der Waals surface area contributed by atoms with Gasteiger partial charge in [0, 0.05) is 26.1 Å². The molecule has 4 heteroatoms. The summed E-state index contributed by atoms with van der Waals surface area (Å²) in [5.41, 5.74) is 5.40. The van der Waals surface area contributed by atoms with Crippen molar-refractivity contribution in [1.82, 2.24) is 5.32 Å². The minimum Gasteiger partial charge on any atom is -0.490 e. The number of hydrogen-bond donors (Lipinski definition) is 2. The summed E-state index contributed by atoms with van der Waals surface area (Å²) in [6.07, 6.45) is 6.26. The average Bonchev–Trinajstić information content (AvgIpc) is 2.29. The van der Waals surface area contributed by atoms with E-state index in [9.17, 15) is 0 Å². The van der Waals surface area contributed by atoms with Gasteiger partial charge in [-0.25, -0.2) is 0 Å². The number of nitrogens with one attached hydrogen (secondary N) is 1. The number of allylic oxidation sites excluding steroid dienone is 3. The van der Waals surface area contributed by atoms with Crippen LogP contribution in [0.1, 0.15) is 12.8 Å². The highest BCUT2D eigenvalue weighted by molar-refractivity contribution is 5.22. The molecule has 0 amide bonds. The van der Waals surface area contributed by atoms with Crippen LogP contribution in [0.15, 0.2) is 23.7 Å². The summed E-state index contributed by atoms with van der Waals surface area (Å²) in [5.74, 6) is 1.92. The maximum atomic E-state index is 5.80. The summed E-state index contributed by atoms with van der Waals surface area (Å²) in [6, 6.07) is 0. The quantitative estimate of drug-likeness (QED) is 0.664. The SMILES string of the molecule is NCCNCC1COC2=C(C=CCC2)O1. The van der Waals surface area contributed by atoms with Gasteiger partial charge in [0.15, 0.2) is 5.76 Å². The van der Waals surface area contributed by atoms with Gasteiger partial charge in [-0.3, -0.25) is 0 Å². The summed E-state index contributed by atoms with van der Waals surface area (Å²) in [4.78, 5) is 0. The van der Waals surface area contributed by atoms with E-state index in [4.69, 9.17) is 15.2 Å². The van der Waals surface area contributed by atoms with Gasteiger partial charge in [0.1, 0.15) is 18.5 Å². The molecule has 0 aromatic heterocycles. The van der Waals surface area contributed by atoms with Gasteiger partial charge in [0.2, 0.25) is 0 Å². The van der Waals surface area contributed by atoms with Crippen molar-refractivity contribution in [3.8, 4) is 0 Å². The molecule has 0 fully saturated rings. The van der Waals surface area contributed by atoms with Gasteiger partial charge in [-0.1, -0.05) is 6.08 Å². The first-order chi connectivity index (χ1) is 7.40. The van der Waals surface area contributed by atoms with E-state index in [1.807, 2.05) is 6.08 Å². The van der Waals surface area contributed by atoms with Crippen molar-refractivity contribution in [3.05, 3.63) is 23.7 Å². The van der Waals surface area contributed by atoms with Crippen molar-refractivity contribution in [2.45, 2.75) is 18.9 Å². The Morgan fingerprint density at radius 2 is 2.47 bits per heavy atom. The lowest BCUT2D eigenvalue weighted by molar-refractivity contribution is -0.000778. The zero-order valence-electron chi connectivity index (χ0n) is 8.87. The molecule has 1 atom stereocenters. The maximum Gasteiger partial charge on any atom is 0.157 e. The smallest absolute Gasteiger partial charge is 0.157 e. The fraction of sp³-hybridized carbons (Fsp3) is 0.636. The molecule has 0 aromatic carbocycles. The number of hydrogen-bond acceptors (Lipinski definition) is 4. The molecule has 1 unspecified atom stereocenters. The molecule has 0 bridgehead atoms. The Labute approximate surface area is 90.1 Å².